The van der Waals surface area contributed by atoms with Crippen LogP contribution in [-0.4, -0.2) is 43.1 Å². The molecule has 1 aliphatic heterocycles. The fourth-order valence-corrected chi connectivity index (χ4v) is 4.48. The Balaban J connectivity index is 1.61. The van der Waals surface area contributed by atoms with Gasteiger partial charge in [-0.3, -0.25) is 14.8 Å². The van der Waals surface area contributed by atoms with E-state index in [4.69, 9.17) is 9.72 Å². The maximum Gasteiger partial charge on any atom is 0.233 e. The second-order valence-electron chi connectivity index (χ2n) is 8.36. The van der Waals surface area contributed by atoms with Crippen LogP contribution in [0.15, 0.2) is 36.8 Å². The number of aromatic nitrogens is 5. The number of benzene rings is 1. The fourth-order valence-electron chi connectivity index (χ4n) is 4.48. The second kappa shape index (κ2) is 8.56. The van der Waals surface area contributed by atoms with Crippen molar-refractivity contribution in [2.24, 2.45) is 0 Å². The molecule has 0 radical (unpaired) electrons. The molecule has 1 N–H and O–H groups in total. The normalized spacial score (nSPS) is 18.3. The van der Waals surface area contributed by atoms with Crippen molar-refractivity contribution in [3.63, 3.8) is 0 Å². The first kappa shape index (κ1) is 21.0. The van der Waals surface area contributed by atoms with Crippen LogP contribution >= 0.6 is 0 Å². The summed E-state index contributed by atoms with van der Waals surface area (Å²) < 4.78 is 7.92. The molecule has 4 heterocycles. The number of nitrogens with one attached hydrogen (secondary N) is 1. The third kappa shape index (κ3) is 4.13. The number of anilines is 1. The van der Waals surface area contributed by atoms with Crippen molar-refractivity contribution in [3.05, 3.63) is 53.9 Å². The molecule has 9 heteroatoms. The molecule has 166 valence electrons. The Bertz CT molecular complexity index is 1410. The Morgan fingerprint density at radius 1 is 1.27 bits per heavy atom. The van der Waals surface area contributed by atoms with Crippen LogP contribution in [0, 0.1) is 18.3 Å². The van der Waals surface area contributed by atoms with Gasteiger partial charge in [0.15, 0.2) is 5.82 Å². The lowest BCUT2D eigenvalue weighted by Crippen LogP contribution is -2.27. The predicted molar refractivity (Wildman–Crippen MR) is 123 cm³/mol. The molecule has 4 aromatic rings. The third-order valence-electron chi connectivity index (χ3n) is 5.88. The summed E-state index contributed by atoms with van der Waals surface area (Å²) in [5.41, 5.74) is 3.67. The molecule has 1 saturated heterocycles. The van der Waals surface area contributed by atoms with Crippen LogP contribution in [0.25, 0.3) is 21.9 Å². The molecule has 0 aliphatic carbocycles. The number of hydrogen-bond donors (Lipinski definition) is 1. The van der Waals surface area contributed by atoms with Gasteiger partial charge < -0.3 is 14.6 Å². The standard InChI is InChI=1S/C24H23N7O2/c1-14-11-26-13-21(28-14)30-23(32)9-22-29-20-12-27-19-4-3-16(10-25)8-18(19)24(20)31(22)17-5-6-33-15(2)7-17/h3-4,8,11-13,15,17H,5-7,9H2,1-2H3,(H,28,30,32)/t15-,17-/m1/s1. The van der Waals surface area contributed by atoms with E-state index in [1.54, 1.807) is 18.5 Å². The summed E-state index contributed by atoms with van der Waals surface area (Å²) in [6.07, 6.45) is 6.70. The van der Waals surface area contributed by atoms with Crippen LogP contribution in [0.2, 0.25) is 0 Å². The smallest absolute Gasteiger partial charge is 0.233 e. The van der Waals surface area contributed by atoms with E-state index in [1.165, 1.54) is 6.20 Å². The number of carbonyl (C=O) groups excluding carboxylic acids is 1. The van der Waals surface area contributed by atoms with Gasteiger partial charge in [-0.05, 0) is 44.9 Å². The minimum absolute atomic E-state index is 0.0788. The van der Waals surface area contributed by atoms with Crippen LogP contribution in [0.3, 0.4) is 0 Å². The van der Waals surface area contributed by atoms with Crippen molar-refractivity contribution >= 4 is 33.7 Å². The zero-order valence-corrected chi connectivity index (χ0v) is 18.4. The summed E-state index contributed by atoms with van der Waals surface area (Å²) in [6, 6.07) is 7.78. The van der Waals surface area contributed by atoms with E-state index >= 15 is 0 Å². The van der Waals surface area contributed by atoms with Crippen LogP contribution < -0.4 is 5.32 Å². The number of ether oxygens (including phenoxy) is 1. The Morgan fingerprint density at radius 3 is 2.94 bits per heavy atom. The Labute approximate surface area is 190 Å². The number of rotatable bonds is 4. The third-order valence-corrected chi connectivity index (χ3v) is 5.88. The number of nitriles is 1. The average molecular weight is 441 g/mol. The molecule has 3 aromatic heterocycles. The molecule has 1 fully saturated rings. The molecule has 33 heavy (non-hydrogen) atoms. The van der Waals surface area contributed by atoms with E-state index < -0.39 is 0 Å². The van der Waals surface area contributed by atoms with Gasteiger partial charge in [-0.1, -0.05) is 0 Å². The highest BCUT2D eigenvalue weighted by Crippen LogP contribution is 2.34. The van der Waals surface area contributed by atoms with Crippen LogP contribution in [0.4, 0.5) is 5.82 Å². The Kier molecular flexibility index (Phi) is 5.44. The van der Waals surface area contributed by atoms with Crippen molar-refractivity contribution in [2.45, 2.75) is 45.3 Å². The lowest BCUT2D eigenvalue weighted by molar-refractivity contribution is -0.115. The highest BCUT2D eigenvalue weighted by molar-refractivity contribution is 6.03. The number of aryl methyl sites for hydroxylation is 1. The van der Waals surface area contributed by atoms with Crippen LogP contribution in [0.1, 0.15) is 42.9 Å². The second-order valence-corrected chi connectivity index (χ2v) is 8.36. The van der Waals surface area contributed by atoms with Crippen molar-refractivity contribution in [2.75, 3.05) is 11.9 Å². The predicted octanol–water partition coefficient (Wildman–Crippen LogP) is 3.48. The molecule has 1 aromatic carbocycles. The fraction of sp³-hybridized carbons (Fsp3) is 0.333. The van der Waals surface area contributed by atoms with E-state index in [2.05, 4.69) is 37.8 Å². The number of imidazole rings is 1. The summed E-state index contributed by atoms with van der Waals surface area (Å²) in [7, 11) is 0. The molecule has 1 amide bonds. The van der Waals surface area contributed by atoms with Gasteiger partial charge in [-0.2, -0.15) is 5.26 Å². The first-order valence-electron chi connectivity index (χ1n) is 10.9. The summed E-state index contributed by atoms with van der Waals surface area (Å²) in [5, 5.41) is 13.1. The molecule has 1 aliphatic rings. The zero-order chi connectivity index (χ0) is 22.9. The highest BCUT2D eigenvalue weighted by Gasteiger charge is 2.27. The highest BCUT2D eigenvalue weighted by atomic mass is 16.5. The number of fused-ring (bicyclic) bond motifs is 3. The lowest BCUT2D eigenvalue weighted by Gasteiger charge is -2.30. The van der Waals surface area contributed by atoms with Gasteiger partial charge in [0, 0.05) is 24.2 Å². The van der Waals surface area contributed by atoms with Gasteiger partial charge in [-0.25, -0.2) is 9.97 Å². The van der Waals surface area contributed by atoms with Crippen molar-refractivity contribution < 1.29 is 9.53 Å². The van der Waals surface area contributed by atoms with Gasteiger partial charge in [-0.15, -0.1) is 0 Å². The molecule has 0 unspecified atom stereocenters. The Hall–Kier alpha value is -3.90. The number of hydrogen-bond acceptors (Lipinski definition) is 7. The summed E-state index contributed by atoms with van der Waals surface area (Å²) >= 11 is 0. The molecular weight excluding hydrogens is 418 g/mol. The number of nitrogens with zero attached hydrogens (tertiary/aromatic N) is 6. The molecule has 0 bridgehead atoms. The average Bonchev–Trinajstić information content (AvgIpc) is 3.17. The molecule has 5 rings (SSSR count). The van der Waals surface area contributed by atoms with Gasteiger partial charge in [0.1, 0.15) is 11.3 Å². The summed E-state index contributed by atoms with van der Waals surface area (Å²) in [4.78, 5) is 30.6. The molecule has 9 nitrogen and oxygen atoms in total. The SMILES string of the molecule is Cc1cncc(NC(=O)Cc2nc3cnc4ccc(C#N)cc4c3n2[C@@H]2CCO[C@H](C)C2)n1. The summed E-state index contributed by atoms with van der Waals surface area (Å²) in [6.45, 7) is 4.52. The van der Waals surface area contributed by atoms with Crippen LogP contribution in [-0.2, 0) is 16.0 Å². The first-order chi connectivity index (χ1) is 16.0. The lowest BCUT2D eigenvalue weighted by atomic mass is 10.0. The molecule has 0 saturated carbocycles. The minimum atomic E-state index is -0.221. The Morgan fingerprint density at radius 2 is 2.15 bits per heavy atom. The van der Waals surface area contributed by atoms with E-state index in [0.717, 1.165) is 35.0 Å². The van der Waals surface area contributed by atoms with Gasteiger partial charge in [0.25, 0.3) is 0 Å². The van der Waals surface area contributed by atoms with Crippen molar-refractivity contribution in [1.82, 2.24) is 24.5 Å². The van der Waals surface area contributed by atoms with E-state index in [9.17, 15) is 10.1 Å². The largest absolute Gasteiger partial charge is 0.378 e. The van der Waals surface area contributed by atoms with Gasteiger partial charge in [0.05, 0.1) is 53.3 Å². The van der Waals surface area contributed by atoms with E-state index in [-0.39, 0.29) is 24.5 Å². The van der Waals surface area contributed by atoms with Crippen LogP contribution in [0.5, 0.6) is 0 Å². The number of amides is 1. The van der Waals surface area contributed by atoms with Gasteiger partial charge in [0.2, 0.25) is 5.91 Å². The number of pyridine rings is 1. The van der Waals surface area contributed by atoms with Gasteiger partial charge >= 0.3 is 0 Å². The zero-order valence-electron chi connectivity index (χ0n) is 18.4. The quantitative estimate of drug-likeness (QED) is 0.515. The van der Waals surface area contributed by atoms with Crippen molar-refractivity contribution in [1.29, 1.82) is 5.26 Å². The maximum atomic E-state index is 12.9. The number of carbonyl (C=O) groups is 1. The molecule has 2 atom stereocenters. The first-order valence-corrected chi connectivity index (χ1v) is 10.9. The van der Waals surface area contributed by atoms with Crippen molar-refractivity contribution in [3.8, 4) is 6.07 Å². The van der Waals surface area contributed by atoms with E-state index in [1.807, 2.05) is 19.1 Å². The summed E-state index contributed by atoms with van der Waals surface area (Å²) in [5.74, 6) is 0.841. The molecule has 0 spiro atoms. The van der Waals surface area contributed by atoms with E-state index in [0.29, 0.717) is 29.3 Å². The topological polar surface area (TPSA) is 119 Å². The minimum Gasteiger partial charge on any atom is -0.378 e. The monoisotopic (exact) mass is 441 g/mol. The maximum absolute atomic E-state index is 12.9. The molecular formula is C24H23N7O2.